The van der Waals surface area contributed by atoms with Crippen LogP contribution in [0.1, 0.15) is 5.56 Å². The fourth-order valence-corrected chi connectivity index (χ4v) is 0.964. The van der Waals surface area contributed by atoms with Gasteiger partial charge in [0.05, 0.1) is 16.2 Å². The highest BCUT2D eigenvalue weighted by atomic mass is 19.4. The predicted molar refractivity (Wildman–Crippen MR) is 45.9 cm³/mol. The lowest BCUT2D eigenvalue weighted by atomic mass is 10.1. The average molecular weight is 221 g/mol. The number of nitrogens with two attached hydrogens (primary N) is 1. The van der Waals surface area contributed by atoms with Gasteiger partial charge in [0, 0.05) is 12.1 Å². The number of nitrogen functional groups attached to an aromatic ring is 1. The minimum absolute atomic E-state index is 0.170. The van der Waals surface area contributed by atoms with Crippen molar-refractivity contribution in [2.75, 3.05) is 5.43 Å². The first-order valence-electron chi connectivity index (χ1n) is 3.68. The van der Waals surface area contributed by atoms with E-state index in [9.17, 15) is 23.3 Å². The molecule has 0 atom stereocenters. The van der Waals surface area contributed by atoms with E-state index in [0.29, 0.717) is 12.1 Å². The van der Waals surface area contributed by atoms with E-state index in [1.807, 2.05) is 5.43 Å². The number of hydrogen-bond donors (Lipinski definition) is 2. The zero-order valence-electron chi connectivity index (χ0n) is 7.21. The summed E-state index contributed by atoms with van der Waals surface area (Å²) >= 11 is 0. The molecule has 0 fully saturated rings. The van der Waals surface area contributed by atoms with Gasteiger partial charge in [-0.25, -0.2) is 0 Å². The molecule has 1 aromatic rings. The average Bonchev–Trinajstić information content (AvgIpc) is 2.15. The maximum absolute atomic E-state index is 12.3. The van der Waals surface area contributed by atoms with E-state index in [2.05, 4.69) is 0 Å². The van der Waals surface area contributed by atoms with Gasteiger partial charge < -0.3 is 5.43 Å². The molecule has 0 aliphatic rings. The van der Waals surface area contributed by atoms with Gasteiger partial charge in [-0.3, -0.25) is 16.0 Å². The van der Waals surface area contributed by atoms with Crippen LogP contribution >= 0.6 is 0 Å². The zero-order chi connectivity index (χ0) is 11.6. The van der Waals surface area contributed by atoms with Crippen LogP contribution in [0.2, 0.25) is 0 Å². The van der Waals surface area contributed by atoms with Crippen molar-refractivity contribution < 1.29 is 18.1 Å². The molecular weight excluding hydrogens is 215 g/mol. The minimum Gasteiger partial charge on any atom is -0.324 e. The number of halogens is 3. The SMILES string of the molecule is NNc1cc([N+](=O)[O-])cc(C(F)(F)F)c1. The lowest BCUT2D eigenvalue weighted by Crippen LogP contribution is -2.11. The standard InChI is InChI=1S/C7H6F3N3O2/c8-7(9,10)4-1-5(12-11)3-6(2-4)13(14)15/h1-3,12H,11H2. The van der Waals surface area contributed by atoms with E-state index in [0.717, 1.165) is 6.07 Å². The molecule has 0 unspecified atom stereocenters. The van der Waals surface area contributed by atoms with Crippen molar-refractivity contribution in [1.82, 2.24) is 0 Å². The third kappa shape index (κ3) is 2.56. The third-order valence-electron chi connectivity index (χ3n) is 1.62. The molecule has 15 heavy (non-hydrogen) atoms. The Hall–Kier alpha value is -1.83. The number of nitrogens with one attached hydrogen (secondary N) is 1. The summed E-state index contributed by atoms with van der Waals surface area (Å²) in [4.78, 5) is 9.40. The number of hydrogen-bond acceptors (Lipinski definition) is 4. The Labute approximate surface area is 81.8 Å². The van der Waals surface area contributed by atoms with Crippen molar-refractivity contribution in [2.24, 2.45) is 5.84 Å². The van der Waals surface area contributed by atoms with E-state index >= 15 is 0 Å². The molecule has 82 valence electrons. The molecule has 0 aliphatic carbocycles. The number of benzene rings is 1. The second-order valence-electron chi connectivity index (χ2n) is 2.67. The summed E-state index contributed by atoms with van der Waals surface area (Å²) in [5, 5.41) is 10.3. The molecule has 5 nitrogen and oxygen atoms in total. The molecule has 8 heteroatoms. The van der Waals surface area contributed by atoms with E-state index in [1.54, 1.807) is 0 Å². The summed E-state index contributed by atoms with van der Waals surface area (Å²) < 4.78 is 36.8. The Balaban J connectivity index is 3.30. The highest BCUT2D eigenvalue weighted by molar-refractivity contribution is 5.53. The minimum atomic E-state index is -4.64. The first-order valence-corrected chi connectivity index (χ1v) is 3.68. The molecule has 3 N–H and O–H groups in total. The van der Waals surface area contributed by atoms with Crippen molar-refractivity contribution in [3.05, 3.63) is 33.9 Å². The van der Waals surface area contributed by atoms with Crippen LogP contribution in [0, 0.1) is 10.1 Å². The number of anilines is 1. The fourth-order valence-electron chi connectivity index (χ4n) is 0.964. The monoisotopic (exact) mass is 221 g/mol. The predicted octanol–water partition coefficient (Wildman–Crippen LogP) is 1.90. The van der Waals surface area contributed by atoms with Gasteiger partial charge in [-0.05, 0) is 6.07 Å². The lowest BCUT2D eigenvalue weighted by Gasteiger charge is -2.08. The van der Waals surface area contributed by atoms with Gasteiger partial charge in [0.2, 0.25) is 0 Å². The number of rotatable bonds is 2. The fraction of sp³-hybridized carbons (Fsp3) is 0.143. The third-order valence-corrected chi connectivity index (χ3v) is 1.62. The molecule has 0 bridgehead atoms. The molecule has 0 aromatic heterocycles. The maximum Gasteiger partial charge on any atom is 0.416 e. The summed E-state index contributed by atoms with van der Waals surface area (Å²) in [6, 6.07) is 2.04. The number of alkyl halides is 3. The van der Waals surface area contributed by atoms with E-state index in [-0.39, 0.29) is 5.69 Å². The van der Waals surface area contributed by atoms with Crippen molar-refractivity contribution in [2.45, 2.75) is 6.18 Å². The lowest BCUT2D eigenvalue weighted by molar-refractivity contribution is -0.385. The normalized spacial score (nSPS) is 11.2. The summed E-state index contributed by atoms with van der Waals surface area (Å²) in [6.45, 7) is 0. The summed E-state index contributed by atoms with van der Waals surface area (Å²) in [6.07, 6.45) is -4.64. The van der Waals surface area contributed by atoms with Crippen molar-refractivity contribution in [1.29, 1.82) is 0 Å². The zero-order valence-corrected chi connectivity index (χ0v) is 7.21. The molecule has 0 radical (unpaired) electrons. The topological polar surface area (TPSA) is 81.2 Å². The first-order chi connectivity index (χ1) is 6.84. The molecular formula is C7H6F3N3O2. The Morgan fingerprint density at radius 2 is 1.93 bits per heavy atom. The molecule has 0 saturated carbocycles. The summed E-state index contributed by atoms with van der Waals surface area (Å²) in [5.74, 6) is 4.89. The summed E-state index contributed by atoms with van der Waals surface area (Å²) in [7, 11) is 0. The molecule has 0 aliphatic heterocycles. The van der Waals surface area contributed by atoms with Crippen molar-refractivity contribution >= 4 is 11.4 Å². The molecule has 0 heterocycles. The van der Waals surface area contributed by atoms with Crippen LogP contribution in [0.5, 0.6) is 0 Å². The van der Waals surface area contributed by atoms with E-state index < -0.39 is 22.4 Å². The first kappa shape index (κ1) is 11.2. The van der Waals surface area contributed by atoms with Crippen LogP contribution in [0.4, 0.5) is 24.5 Å². The summed E-state index contributed by atoms with van der Waals surface area (Å²) in [5.41, 5.74) is -0.0290. The Kier molecular flexibility index (Phi) is 2.80. The largest absolute Gasteiger partial charge is 0.416 e. The number of nitro benzene ring substituents is 1. The van der Waals surface area contributed by atoms with E-state index in [4.69, 9.17) is 5.84 Å². The highest BCUT2D eigenvalue weighted by Gasteiger charge is 2.32. The Morgan fingerprint density at radius 3 is 2.33 bits per heavy atom. The van der Waals surface area contributed by atoms with Crippen LogP contribution < -0.4 is 11.3 Å². The van der Waals surface area contributed by atoms with Gasteiger partial charge in [0.1, 0.15) is 0 Å². The van der Waals surface area contributed by atoms with Crippen LogP contribution in [-0.2, 0) is 6.18 Å². The number of hydrazine groups is 1. The second kappa shape index (κ2) is 3.73. The Morgan fingerprint density at radius 1 is 1.33 bits per heavy atom. The van der Waals surface area contributed by atoms with Crippen LogP contribution in [0.25, 0.3) is 0 Å². The van der Waals surface area contributed by atoms with Gasteiger partial charge in [-0.1, -0.05) is 0 Å². The van der Waals surface area contributed by atoms with Gasteiger partial charge in [-0.2, -0.15) is 13.2 Å². The Bertz CT molecular complexity index is 392. The van der Waals surface area contributed by atoms with Crippen molar-refractivity contribution in [3.63, 3.8) is 0 Å². The van der Waals surface area contributed by atoms with Gasteiger partial charge in [0.25, 0.3) is 5.69 Å². The highest BCUT2D eigenvalue weighted by Crippen LogP contribution is 2.33. The molecule has 1 rings (SSSR count). The van der Waals surface area contributed by atoms with Crippen LogP contribution in [0.3, 0.4) is 0 Å². The van der Waals surface area contributed by atoms with Gasteiger partial charge in [0.15, 0.2) is 0 Å². The van der Waals surface area contributed by atoms with Gasteiger partial charge >= 0.3 is 6.18 Å². The van der Waals surface area contributed by atoms with Gasteiger partial charge in [-0.15, -0.1) is 0 Å². The van der Waals surface area contributed by atoms with E-state index in [1.165, 1.54) is 0 Å². The maximum atomic E-state index is 12.3. The smallest absolute Gasteiger partial charge is 0.324 e. The molecule has 1 aromatic carbocycles. The number of nitro groups is 1. The molecule has 0 amide bonds. The second-order valence-corrected chi connectivity index (χ2v) is 2.67. The van der Waals surface area contributed by atoms with Crippen LogP contribution in [0.15, 0.2) is 18.2 Å². The molecule has 0 spiro atoms. The molecule has 0 saturated heterocycles. The number of non-ortho nitro benzene ring substituents is 1. The van der Waals surface area contributed by atoms with Crippen LogP contribution in [-0.4, -0.2) is 4.92 Å². The van der Waals surface area contributed by atoms with Crippen molar-refractivity contribution in [3.8, 4) is 0 Å². The quantitative estimate of drug-likeness (QED) is 0.454. The number of nitrogens with zero attached hydrogens (tertiary/aromatic N) is 1.